The quantitative estimate of drug-likeness (QED) is 0.353. The number of carbonyl (C=O) groups is 5. The van der Waals surface area contributed by atoms with Crippen molar-refractivity contribution in [1.29, 1.82) is 0 Å². The Balaban J connectivity index is 1.79. The molecule has 2 heterocycles. The summed E-state index contributed by atoms with van der Waals surface area (Å²) in [6, 6.07) is 2.64. The molecular weight excluding hydrogens is 514 g/mol. The number of benzene rings is 1. The highest BCUT2D eigenvalue weighted by molar-refractivity contribution is 5.98. The van der Waals surface area contributed by atoms with Gasteiger partial charge in [0.2, 0.25) is 0 Å². The van der Waals surface area contributed by atoms with Crippen molar-refractivity contribution in [2.45, 2.75) is 70.9 Å². The van der Waals surface area contributed by atoms with E-state index in [1.165, 1.54) is 24.3 Å². The number of carbonyl (C=O) groups excluding carboxylic acids is 3. The van der Waals surface area contributed by atoms with Gasteiger partial charge in [0.25, 0.3) is 11.8 Å². The molecule has 1 aromatic carbocycles. The third kappa shape index (κ3) is 6.88. The molecule has 2 saturated heterocycles. The molecule has 5 N–H and O–H groups in total. The van der Waals surface area contributed by atoms with Gasteiger partial charge in [-0.2, -0.15) is 0 Å². The first-order valence-electron chi connectivity index (χ1n) is 12.5. The summed E-state index contributed by atoms with van der Waals surface area (Å²) in [5, 5.41) is 36.5. The zero-order chi connectivity index (χ0) is 29.2. The molecule has 0 aromatic heterocycles. The summed E-state index contributed by atoms with van der Waals surface area (Å²) in [7, 11) is 0. The predicted octanol–water partition coefficient (Wildman–Crippen LogP) is 2.01. The number of β-amino-alcohol motifs (C(OH)–C–C–N with tert-alkyl or cyclic N) is 1. The average molecular weight is 550 g/mol. The number of fused-ring (bicyclic) bond motifs is 1. The van der Waals surface area contributed by atoms with E-state index in [2.05, 4.69) is 10.6 Å². The molecule has 39 heavy (non-hydrogen) atoms. The molecule has 0 spiro atoms. The van der Waals surface area contributed by atoms with Gasteiger partial charge in [-0.15, -0.1) is 0 Å². The highest BCUT2D eigenvalue weighted by atomic mass is 16.6. The van der Waals surface area contributed by atoms with E-state index in [1.807, 2.05) is 13.8 Å². The average Bonchev–Trinajstić information content (AvgIpc) is 3.35. The summed E-state index contributed by atoms with van der Waals surface area (Å²) in [6.07, 6.45) is -4.64. The fourth-order valence-electron chi connectivity index (χ4n) is 4.72. The third-order valence-electron chi connectivity index (χ3n) is 6.27. The van der Waals surface area contributed by atoms with Crippen LogP contribution in [0.3, 0.4) is 0 Å². The largest absolute Gasteiger partial charge is 0.465 e. The van der Waals surface area contributed by atoms with E-state index in [4.69, 9.17) is 4.74 Å². The molecule has 5 amide bonds. The minimum Gasteiger partial charge on any atom is -0.465 e. The number of nitrogens with zero attached hydrogens (tertiary/aromatic N) is 3. The Kier molecular flexibility index (Phi) is 8.58. The monoisotopic (exact) mass is 549 g/mol. The summed E-state index contributed by atoms with van der Waals surface area (Å²) in [5.74, 6) is -1.48. The van der Waals surface area contributed by atoms with E-state index in [9.17, 15) is 39.3 Å². The Labute approximate surface area is 225 Å². The molecule has 0 unspecified atom stereocenters. The number of hydrazine groups is 1. The normalized spacial score (nSPS) is 21.4. The van der Waals surface area contributed by atoms with Gasteiger partial charge in [0, 0.05) is 11.3 Å². The topological polar surface area (TPSA) is 189 Å². The predicted molar refractivity (Wildman–Crippen MR) is 137 cm³/mol. The number of carboxylic acid groups (broad SMARTS) is 2. The molecule has 214 valence electrons. The van der Waals surface area contributed by atoms with Gasteiger partial charge in [0.1, 0.15) is 17.7 Å². The van der Waals surface area contributed by atoms with Crippen molar-refractivity contribution in [1.82, 2.24) is 20.2 Å². The minimum absolute atomic E-state index is 0.0830. The maximum atomic E-state index is 13.7. The lowest BCUT2D eigenvalue weighted by atomic mass is 10.0. The third-order valence-corrected chi connectivity index (χ3v) is 6.27. The van der Waals surface area contributed by atoms with Crippen molar-refractivity contribution >= 4 is 35.8 Å². The molecule has 0 saturated carbocycles. The van der Waals surface area contributed by atoms with Gasteiger partial charge in [-0.1, -0.05) is 13.8 Å². The van der Waals surface area contributed by atoms with Gasteiger partial charge in [-0.25, -0.2) is 24.4 Å². The molecule has 2 aliphatic rings. The van der Waals surface area contributed by atoms with Crippen molar-refractivity contribution in [3.05, 3.63) is 29.8 Å². The van der Waals surface area contributed by atoms with Gasteiger partial charge < -0.3 is 25.4 Å². The minimum atomic E-state index is -1.49. The number of ether oxygens (including phenoxy) is 1. The van der Waals surface area contributed by atoms with Crippen LogP contribution in [-0.2, 0) is 9.53 Å². The van der Waals surface area contributed by atoms with Crippen LogP contribution >= 0.6 is 0 Å². The number of hydrogen-bond donors (Lipinski definition) is 5. The summed E-state index contributed by atoms with van der Waals surface area (Å²) in [5.41, 5.74) is -0.124. The summed E-state index contributed by atoms with van der Waals surface area (Å²) in [6.45, 7) is 8.22. The van der Waals surface area contributed by atoms with Crippen LogP contribution in [0.1, 0.15) is 51.4 Å². The lowest BCUT2D eigenvalue weighted by Crippen LogP contribution is -2.58. The van der Waals surface area contributed by atoms with Crippen molar-refractivity contribution in [2.75, 3.05) is 18.4 Å². The Morgan fingerprint density at radius 3 is 2.15 bits per heavy atom. The lowest BCUT2D eigenvalue weighted by molar-refractivity contribution is -0.150. The summed E-state index contributed by atoms with van der Waals surface area (Å²) >= 11 is 0. The molecule has 2 aliphatic heterocycles. The summed E-state index contributed by atoms with van der Waals surface area (Å²) in [4.78, 5) is 63.2. The summed E-state index contributed by atoms with van der Waals surface area (Å²) < 4.78 is 5.20. The second-order valence-electron chi connectivity index (χ2n) is 11.0. The molecule has 0 radical (unpaired) electrons. The highest BCUT2D eigenvalue weighted by Crippen LogP contribution is 2.33. The van der Waals surface area contributed by atoms with Crippen LogP contribution in [-0.4, -0.2) is 103 Å². The van der Waals surface area contributed by atoms with Gasteiger partial charge in [0.15, 0.2) is 0 Å². The molecule has 1 aromatic rings. The van der Waals surface area contributed by atoms with E-state index >= 15 is 0 Å². The first-order valence-corrected chi connectivity index (χ1v) is 12.5. The molecule has 2 fully saturated rings. The Hall–Kier alpha value is -4.07. The van der Waals surface area contributed by atoms with Crippen molar-refractivity contribution in [2.24, 2.45) is 5.92 Å². The molecule has 0 aliphatic carbocycles. The number of rotatable bonds is 6. The molecular formula is C25H35N5O9. The molecule has 0 bridgehead atoms. The zero-order valence-electron chi connectivity index (χ0n) is 22.5. The highest BCUT2D eigenvalue weighted by Gasteiger charge is 2.57. The standard InChI is InChI=1S/C25H35N5O9/c1-13(2)10-16(27-20(32)14-6-8-15(9-7-14)26-22(34)39-25(3,4)5)21(33)30-19-17(11-29(30)24(37)38)28(23(35)36)12-18(19)31/h6-9,13,16-19,31H,10-12H2,1-5H3,(H,26,34)(H,27,32)(H,35,36)(H,37,38)/t16-,17+,18-,19-/m0/s1. The van der Waals surface area contributed by atoms with Gasteiger partial charge in [-0.3, -0.25) is 19.8 Å². The number of amides is 5. The van der Waals surface area contributed by atoms with Gasteiger partial charge in [-0.05, 0) is 57.4 Å². The Bertz CT molecular complexity index is 1120. The van der Waals surface area contributed by atoms with E-state index in [0.29, 0.717) is 10.7 Å². The number of aliphatic hydroxyl groups excluding tert-OH is 1. The van der Waals surface area contributed by atoms with Crippen molar-refractivity contribution < 1.29 is 44.0 Å². The Morgan fingerprint density at radius 1 is 1.03 bits per heavy atom. The van der Waals surface area contributed by atoms with Crippen LogP contribution in [0.2, 0.25) is 0 Å². The molecule has 14 heteroatoms. The van der Waals surface area contributed by atoms with E-state index < -0.39 is 59.9 Å². The first kappa shape index (κ1) is 29.5. The van der Waals surface area contributed by atoms with Gasteiger partial charge >= 0.3 is 18.3 Å². The van der Waals surface area contributed by atoms with Crippen LogP contribution in [0.15, 0.2) is 24.3 Å². The maximum absolute atomic E-state index is 13.7. The number of likely N-dealkylation sites (tertiary alicyclic amines) is 1. The fourth-order valence-corrected chi connectivity index (χ4v) is 4.72. The maximum Gasteiger partial charge on any atom is 0.426 e. The van der Waals surface area contributed by atoms with Crippen LogP contribution in [0.5, 0.6) is 0 Å². The molecule has 14 nitrogen and oxygen atoms in total. The molecule has 3 rings (SSSR count). The smallest absolute Gasteiger partial charge is 0.426 e. The van der Waals surface area contributed by atoms with E-state index in [0.717, 1.165) is 9.91 Å². The molecule has 4 atom stereocenters. The van der Waals surface area contributed by atoms with Crippen LogP contribution < -0.4 is 10.6 Å². The first-order chi connectivity index (χ1) is 18.1. The van der Waals surface area contributed by atoms with Crippen molar-refractivity contribution in [3.8, 4) is 0 Å². The number of anilines is 1. The zero-order valence-corrected chi connectivity index (χ0v) is 22.5. The van der Waals surface area contributed by atoms with Crippen LogP contribution in [0.4, 0.5) is 20.1 Å². The van der Waals surface area contributed by atoms with Gasteiger partial charge in [0.05, 0.1) is 25.2 Å². The van der Waals surface area contributed by atoms with E-state index in [-0.39, 0.29) is 31.0 Å². The van der Waals surface area contributed by atoms with Crippen LogP contribution in [0.25, 0.3) is 0 Å². The second kappa shape index (κ2) is 11.4. The second-order valence-corrected chi connectivity index (χ2v) is 11.0. The number of aliphatic hydroxyl groups is 1. The SMILES string of the molecule is CC(C)C[C@H](NC(=O)c1ccc(NC(=O)OC(C)(C)C)cc1)C(=O)N1[C@H]2[C@@H](CN1C(=O)O)N(C(=O)O)C[C@@H]2O. The van der Waals surface area contributed by atoms with E-state index in [1.54, 1.807) is 20.8 Å². The van der Waals surface area contributed by atoms with Crippen molar-refractivity contribution in [3.63, 3.8) is 0 Å². The lowest BCUT2D eigenvalue weighted by Gasteiger charge is -2.34. The number of hydrogen-bond acceptors (Lipinski definition) is 7. The van der Waals surface area contributed by atoms with Crippen LogP contribution in [0, 0.1) is 5.92 Å². The fraction of sp³-hybridized carbons (Fsp3) is 0.560. The number of nitrogens with one attached hydrogen (secondary N) is 2. The Morgan fingerprint density at radius 2 is 1.64 bits per heavy atom.